The Bertz CT molecular complexity index is 1480. The fourth-order valence-corrected chi connectivity index (χ4v) is 3.83. The van der Waals surface area contributed by atoms with E-state index < -0.39 is 21.4 Å². The lowest BCUT2D eigenvalue weighted by Crippen LogP contribution is -2.55. The van der Waals surface area contributed by atoms with Gasteiger partial charge < -0.3 is 8.60 Å². The highest BCUT2D eigenvalue weighted by molar-refractivity contribution is 7.88. The Kier molecular flexibility index (Phi) is 5.23. The van der Waals surface area contributed by atoms with Gasteiger partial charge in [0.25, 0.3) is 0 Å². The Hall–Kier alpha value is -2.68. The molecule has 3 aromatic carbocycles. The van der Waals surface area contributed by atoms with Crippen molar-refractivity contribution >= 4 is 98.6 Å². The van der Waals surface area contributed by atoms with Crippen molar-refractivity contribution < 1.29 is 30.2 Å². The highest BCUT2D eigenvalue weighted by Gasteiger charge is 2.48. The average molecular weight is 441 g/mol. The van der Waals surface area contributed by atoms with Gasteiger partial charge in [0.15, 0.2) is 0 Å². The molecule has 4 rings (SSSR count). The van der Waals surface area contributed by atoms with Crippen molar-refractivity contribution in [3.8, 4) is 16.9 Å². The molecule has 0 aliphatic rings. The van der Waals surface area contributed by atoms with Gasteiger partial charge in [0, 0.05) is 10.8 Å². The topological polar surface area (TPSA) is 56.5 Å². The van der Waals surface area contributed by atoms with E-state index in [9.17, 15) is 21.6 Å². The minimum Gasteiger partial charge on any atom is -0.456 e. The Morgan fingerprint density at radius 2 is 1.41 bits per heavy atom. The van der Waals surface area contributed by atoms with Crippen LogP contribution in [0.5, 0.6) is 5.75 Å². The van der Waals surface area contributed by atoms with Gasteiger partial charge >= 0.3 is 15.6 Å². The molecule has 0 aliphatic carbocycles. The molecule has 0 saturated carbocycles. The van der Waals surface area contributed by atoms with E-state index in [2.05, 4.69) is 4.18 Å². The molecule has 10 radical (unpaired) electrons. The number of alkyl halides is 3. The molecule has 0 saturated heterocycles. The average Bonchev–Trinajstić information content (AvgIpc) is 3.08. The molecule has 0 spiro atoms. The number of furan rings is 1. The fraction of sp³-hybridized carbons (Fsp3) is 0.0526. The SMILES string of the molecule is [B]c1c([B])c([B])c(-c2cccc3oc4ccc(OS(=O)(=O)C(F)(F)F)cc4c23)c([B])c1[B]. The number of halogens is 3. The zero-order chi connectivity index (χ0) is 23.6. The summed E-state index contributed by atoms with van der Waals surface area (Å²) < 4.78 is 70.9. The monoisotopic (exact) mass is 442 g/mol. The molecule has 0 amide bonds. The van der Waals surface area contributed by atoms with E-state index in [1.165, 1.54) is 6.07 Å². The van der Waals surface area contributed by atoms with Crippen molar-refractivity contribution in [1.29, 1.82) is 0 Å². The normalized spacial score (nSPS) is 12.5. The third-order valence-electron chi connectivity index (χ3n) is 4.92. The summed E-state index contributed by atoms with van der Waals surface area (Å²) >= 11 is 0. The van der Waals surface area contributed by atoms with Gasteiger partial charge in [-0.15, -0.1) is 16.4 Å². The van der Waals surface area contributed by atoms with E-state index in [1.807, 2.05) is 0 Å². The summed E-state index contributed by atoms with van der Waals surface area (Å²) in [6.45, 7) is 0. The van der Waals surface area contributed by atoms with Gasteiger partial charge in [0.05, 0.1) is 0 Å². The third kappa shape index (κ3) is 3.43. The molecule has 0 aliphatic heterocycles. The number of hydrogen-bond acceptors (Lipinski definition) is 4. The molecule has 4 nitrogen and oxygen atoms in total. The van der Waals surface area contributed by atoms with Gasteiger partial charge in [0.2, 0.25) is 0 Å². The predicted molar refractivity (Wildman–Crippen MR) is 122 cm³/mol. The first kappa shape index (κ1) is 22.5. The standard InChI is InChI=1S/C19H6B5F3O4S/c20-14-13(15(21)17(23)18(24)16(14)22)8-2-1-3-11-12(8)9-6-7(4-5-10(9)30-11)31-32(28,29)19(25,26)27/h1-6H. The van der Waals surface area contributed by atoms with Crippen molar-refractivity contribution in [1.82, 2.24) is 0 Å². The van der Waals surface area contributed by atoms with E-state index in [4.69, 9.17) is 43.6 Å². The molecular formula is C19H6B5F3O4S. The van der Waals surface area contributed by atoms with Gasteiger partial charge in [-0.3, -0.25) is 0 Å². The van der Waals surface area contributed by atoms with Crippen LogP contribution in [0.4, 0.5) is 13.2 Å². The van der Waals surface area contributed by atoms with Crippen molar-refractivity contribution in [3.05, 3.63) is 36.4 Å². The summed E-state index contributed by atoms with van der Waals surface area (Å²) in [7, 11) is 24.2. The van der Waals surface area contributed by atoms with Crippen LogP contribution in [0.3, 0.4) is 0 Å². The molecule has 4 aromatic rings. The maximum absolute atomic E-state index is 12.7. The van der Waals surface area contributed by atoms with E-state index in [-0.39, 0.29) is 43.8 Å². The summed E-state index contributed by atoms with van der Waals surface area (Å²) in [4.78, 5) is 0. The van der Waals surface area contributed by atoms with Crippen LogP contribution in [0.2, 0.25) is 0 Å². The van der Waals surface area contributed by atoms with Crippen molar-refractivity contribution in [2.24, 2.45) is 0 Å². The zero-order valence-electron chi connectivity index (χ0n) is 16.0. The van der Waals surface area contributed by atoms with E-state index in [0.717, 1.165) is 12.1 Å². The predicted octanol–water partition coefficient (Wildman–Crippen LogP) is -0.550. The lowest BCUT2D eigenvalue weighted by atomic mass is 9.59. The van der Waals surface area contributed by atoms with Gasteiger partial charge in [-0.1, -0.05) is 23.1 Å². The maximum atomic E-state index is 12.7. The second-order valence-electron chi connectivity index (χ2n) is 6.87. The summed E-state index contributed by atoms with van der Waals surface area (Å²) in [5.74, 6) is -0.565. The van der Waals surface area contributed by atoms with Gasteiger partial charge in [0.1, 0.15) is 56.1 Å². The summed E-state index contributed by atoms with van der Waals surface area (Å²) in [5, 5.41) is 0.623. The van der Waals surface area contributed by atoms with Gasteiger partial charge in [-0.05, 0) is 35.4 Å². The Labute approximate surface area is 187 Å². The molecule has 0 bridgehead atoms. The zero-order valence-corrected chi connectivity index (χ0v) is 16.8. The molecule has 32 heavy (non-hydrogen) atoms. The highest BCUT2D eigenvalue weighted by atomic mass is 32.2. The van der Waals surface area contributed by atoms with E-state index >= 15 is 0 Å². The molecule has 1 heterocycles. The Morgan fingerprint density at radius 1 is 0.812 bits per heavy atom. The van der Waals surface area contributed by atoms with Crippen LogP contribution in [0, 0.1) is 0 Å². The molecule has 0 atom stereocenters. The van der Waals surface area contributed by atoms with Crippen molar-refractivity contribution in [2.45, 2.75) is 5.51 Å². The van der Waals surface area contributed by atoms with Gasteiger partial charge in [-0.2, -0.15) is 21.6 Å². The van der Waals surface area contributed by atoms with Crippen LogP contribution < -0.4 is 31.5 Å². The Balaban J connectivity index is 2.02. The molecule has 1 aromatic heterocycles. The largest absolute Gasteiger partial charge is 0.534 e. The number of fused-ring (bicyclic) bond motifs is 3. The first-order valence-corrected chi connectivity index (χ1v) is 10.2. The first-order valence-electron chi connectivity index (χ1n) is 8.81. The smallest absolute Gasteiger partial charge is 0.456 e. The molecule has 148 valence electrons. The van der Waals surface area contributed by atoms with Crippen LogP contribution in [0.25, 0.3) is 33.1 Å². The van der Waals surface area contributed by atoms with Crippen molar-refractivity contribution in [3.63, 3.8) is 0 Å². The number of hydrogen-bond donors (Lipinski definition) is 0. The molecule has 13 heteroatoms. The van der Waals surface area contributed by atoms with Crippen LogP contribution in [0.1, 0.15) is 0 Å². The van der Waals surface area contributed by atoms with E-state index in [1.54, 1.807) is 18.2 Å². The lowest BCUT2D eigenvalue weighted by molar-refractivity contribution is -0.0500. The summed E-state index contributed by atoms with van der Waals surface area (Å²) in [5.41, 5.74) is -4.25. The van der Waals surface area contributed by atoms with Crippen molar-refractivity contribution in [2.75, 3.05) is 0 Å². The third-order valence-corrected chi connectivity index (χ3v) is 5.90. The summed E-state index contributed by atoms with van der Waals surface area (Å²) in [6, 6.07) is 8.27. The minimum absolute atomic E-state index is 0.0109. The molecule has 0 unspecified atom stereocenters. The minimum atomic E-state index is -5.87. The maximum Gasteiger partial charge on any atom is 0.534 e. The fourth-order valence-electron chi connectivity index (χ4n) is 3.38. The quantitative estimate of drug-likeness (QED) is 0.243. The lowest BCUT2D eigenvalue weighted by Gasteiger charge is -2.21. The van der Waals surface area contributed by atoms with E-state index in [0.29, 0.717) is 16.5 Å². The second kappa shape index (κ2) is 7.44. The number of benzene rings is 3. The highest BCUT2D eigenvalue weighted by Crippen LogP contribution is 2.38. The summed E-state index contributed by atoms with van der Waals surface area (Å²) in [6.07, 6.45) is 0. The van der Waals surface area contributed by atoms with Crippen LogP contribution >= 0.6 is 0 Å². The molecule has 0 fully saturated rings. The molecule has 0 N–H and O–H groups in total. The van der Waals surface area contributed by atoms with Gasteiger partial charge in [-0.25, -0.2) is 0 Å². The Morgan fingerprint density at radius 3 is 2.00 bits per heavy atom. The second-order valence-corrected chi connectivity index (χ2v) is 8.40. The molecular weight excluding hydrogens is 435 g/mol. The van der Waals surface area contributed by atoms with Crippen LogP contribution in [0.15, 0.2) is 40.8 Å². The first-order chi connectivity index (χ1) is 14.8. The number of rotatable bonds is 3. The van der Waals surface area contributed by atoms with Crippen LogP contribution in [-0.2, 0) is 10.1 Å². The van der Waals surface area contributed by atoms with Crippen LogP contribution in [-0.4, -0.2) is 53.2 Å².